The van der Waals surface area contributed by atoms with Crippen LogP contribution in [0.15, 0.2) is 0 Å². The van der Waals surface area contributed by atoms with Gasteiger partial charge >= 0.3 is 0 Å². The van der Waals surface area contributed by atoms with Crippen molar-refractivity contribution < 1.29 is 9.90 Å². The summed E-state index contributed by atoms with van der Waals surface area (Å²) in [5.74, 6) is 0.783. The van der Waals surface area contributed by atoms with Crippen LogP contribution in [0.2, 0.25) is 0 Å². The number of aliphatic hydroxyl groups excluding tert-OH is 1. The molecule has 0 bridgehead atoms. The molecule has 0 aliphatic carbocycles. The summed E-state index contributed by atoms with van der Waals surface area (Å²) in [5.41, 5.74) is 0. The number of carbonyl (C=O) groups is 1. The van der Waals surface area contributed by atoms with Crippen LogP contribution in [0.4, 0.5) is 0 Å². The molecule has 0 spiro atoms. The minimum atomic E-state index is -0.358. The zero-order valence-corrected chi connectivity index (χ0v) is 11.6. The summed E-state index contributed by atoms with van der Waals surface area (Å²) in [5, 5.41) is 15.7. The molecule has 3 N–H and O–H groups in total. The van der Waals surface area contributed by atoms with Gasteiger partial charge in [-0.05, 0) is 11.8 Å². The zero-order valence-electron chi connectivity index (χ0n) is 11.6. The van der Waals surface area contributed by atoms with E-state index < -0.39 is 0 Å². The Labute approximate surface area is 105 Å². The standard InChI is InChI=1S/C13H28N2O2/c1-5-11(6-2)12(16)8-14-9-13(17)15-7-10(3)4/h10-12,14,16H,5-9H2,1-4H3,(H,15,17). The molecule has 0 aliphatic heterocycles. The first-order valence-corrected chi connectivity index (χ1v) is 6.66. The summed E-state index contributed by atoms with van der Waals surface area (Å²) in [4.78, 5) is 11.4. The average molecular weight is 244 g/mol. The number of aliphatic hydroxyl groups is 1. The smallest absolute Gasteiger partial charge is 0.233 e. The Balaban J connectivity index is 3.65. The highest BCUT2D eigenvalue weighted by Crippen LogP contribution is 2.11. The van der Waals surface area contributed by atoms with E-state index in [0.717, 1.165) is 12.8 Å². The highest BCUT2D eigenvalue weighted by molar-refractivity contribution is 5.77. The van der Waals surface area contributed by atoms with Gasteiger partial charge in [0.15, 0.2) is 0 Å². The van der Waals surface area contributed by atoms with Gasteiger partial charge in [-0.1, -0.05) is 40.5 Å². The number of hydrogen-bond acceptors (Lipinski definition) is 3. The molecule has 0 fully saturated rings. The molecule has 4 heteroatoms. The van der Waals surface area contributed by atoms with Gasteiger partial charge in [-0.2, -0.15) is 0 Å². The van der Waals surface area contributed by atoms with Gasteiger partial charge < -0.3 is 15.7 Å². The van der Waals surface area contributed by atoms with Crippen LogP contribution in [0.3, 0.4) is 0 Å². The first kappa shape index (κ1) is 16.4. The lowest BCUT2D eigenvalue weighted by molar-refractivity contribution is -0.120. The molecule has 0 aliphatic rings. The first-order valence-electron chi connectivity index (χ1n) is 6.66. The number of nitrogens with one attached hydrogen (secondary N) is 2. The maximum Gasteiger partial charge on any atom is 0.233 e. The van der Waals surface area contributed by atoms with Crippen LogP contribution in [-0.4, -0.2) is 36.8 Å². The highest BCUT2D eigenvalue weighted by Gasteiger charge is 2.15. The molecular weight excluding hydrogens is 216 g/mol. The van der Waals surface area contributed by atoms with Crippen molar-refractivity contribution in [3.8, 4) is 0 Å². The second-order valence-electron chi connectivity index (χ2n) is 4.97. The summed E-state index contributed by atoms with van der Waals surface area (Å²) in [6.07, 6.45) is 1.58. The number of amides is 1. The topological polar surface area (TPSA) is 61.4 Å². The summed E-state index contributed by atoms with van der Waals surface area (Å²) in [7, 11) is 0. The molecule has 1 atom stereocenters. The van der Waals surface area contributed by atoms with Crippen LogP contribution in [0, 0.1) is 11.8 Å². The molecule has 0 aromatic heterocycles. The monoisotopic (exact) mass is 244 g/mol. The third kappa shape index (κ3) is 8.16. The van der Waals surface area contributed by atoms with Crippen LogP contribution in [0.5, 0.6) is 0 Å². The summed E-state index contributed by atoms with van der Waals surface area (Å²) >= 11 is 0. The number of rotatable bonds is 9. The fourth-order valence-corrected chi connectivity index (χ4v) is 1.71. The minimum absolute atomic E-state index is 0.00422. The molecule has 1 amide bonds. The SMILES string of the molecule is CCC(CC)C(O)CNCC(=O)NCC(C)C. The Bertz CT molecular complexity index is 204. The molecule has 4 nitrogen and oxygen atoms in total. The lowest BCUT2D eigenvalue weighted by Gasteiger charge is -2.20. The number of hydrogen-bond donors (Lipinski definition) is 3. The van der Waals surface area contributed by atoms with Crippen molar-refractivity contribution in [3.63, 3.8) is 0 Å². The van der Waals surface area contributed by atoms with Crippen molar-refractivity contribution in [2.75, 3.05) is 19.6 Å². The van der Waals surface area contributed by atoms with Crippen LogP contribution in [0.25, 0.3) is 0 Å². The Kier molecular flexibility index (Phi) is 9.09. The quantitative estimate of drug-likeness (QED) is 0.570. The molecular formula is C13H28N2O2. The molecule has 0 heterocycles. The van der Waals surface area contributed by atoms with Crippen LogP contribution < -0.4 is 10.6 Å². The van der Waals surface area contributed by atoms with Crippen molar-refractivity contribution in [3.05, 3.63) is 0 Å². The lowest BCUT2D eigenvalue weighted by atomic mass is 9.97. The van der Waals surface area contributed by atoms with Crippen LogP contribution >= 0.6 is 0 Å². The summed E-state index contributed by atoms with van der Waals surface area (Å²) in [6.45, 7) is 9.75. The predicted molar refractivity (Wildman–Crippen MR) is 70.8 cm³/mol. The molecule has 17 heavy (non-hydrogen) atoms. The van der Waals surface area contributed by atoms with E-state index in [2.05, 4.69) is 38.3 Å². The van der Waals surface area contributed by atoms with Gasteiger partial charge in [-0.15, -0.1) is 0 Å². The molecule has 0 radical (unpaired) electrons. The fraction of sp³-hybridized carbons (Fsp3) is 0.923. The molecule has 0 saturated heterocycles. The van der Waals surface area contributed by atoms with E-state index in [1.165, 1.54) is 0 Å². The van der Waals surface area contributed by atoms with Crippen LogP contribution in [-0.2, 0) is 4.79 Å². The van der Waals surface area contributed by atoms with E-state index in [9.17, 15) is 9.90 Å². The second kappa shape index (κ2) is 9.42. The normalized spacial score (nSPS) is 13.1. The lowest BCUT2D eigenvalue weighted by Crippen LogP contribution is -2.40. The first-order chi connectivity index (χ1) is 8.01. The molecule has 102 valence electrons. The zero-order chi connectivity index (χ0) is 13.3. The number of carbonyl (C=O) groups excluding carboxylic acids is 1. The van der Waals surface area contributed by atoms with Crippen molar-refractivity contribution in [2.24, 2.45) is 11.8 Å². The van der Waals surface area contributed by atoms with Gasteiger partial charge in [-0.25, -0.2) is 0 Å². The molecule has 0 aromatic carbocycles. The Morgan fingerprint density at radius 3 is 2.24 bits per heavy atom. The van der Waals surface area contributed by atoms with E-state index in [-0.39, 0.29) is 18.6 Å². The second-order valence-corrected chi connectivity index (χ2v) is 4.97. The third-order valence-corrected chi connectivity index (χ3v) is 2.94. The van der Waals surface area contributed by atoms with Crippen molar-refractivity contribution in [1.29, 1.82) is 0 Å². The van der Waals surface area contributed by atoms with Crippen molar-refractivity contribution in [1.82, 2.24) is 10.6 Å². The molecule has 0 aromatic rings. The molecule has 0 saturated carbocycles. The third-order valence-electron chi connectivity index (χ3n) is 2.94. The van der Waals surface area contributed by atoms with Gasteiger partial charge in [0.1, 0.15) is 0 Å². The average Bonchev–Trinajstić information content (AvgIpc) is 2.28. The van der Waals surface area contributed by atoms with E-state index >= 15 is 0 Å². The van der Waals surface area contributed by atoms with Gasteiger partial charge in [0.25, 0.3) is 0 Å². The van der Waals surface area contributed by atoms with E-state index in [0.29, 0.717) is 24.9 Å². The minimum Gasteiger partial charge on any atom is -0.392 e. The van der Waals surface area contributed by atoms with Crippen molar-refractivity contribution >= 4 is 5.91 Å². The van der Waals surface area contributed by atoms with Gasteiger partial charge in [0.05, 0.1) is 12.6 Å². The van der Waals surface area contributed by atoms with E-state index in [1.807, 2.05) is 0 Å². The summed E-state index contributed by atoms with van der Waals surface area (Å²) < 4.78 is 0. The van der Waals surface area contributed by atoms with Gasteiger partial charge in [-0.3, -0.25) is 4.79 Å². The maximum absolute atomic E-state index is 11.4. The Hall–Kier alpha value is -0.610. The fourth-order valence-electron chi connectivity index (χ4n) is 1.71. The molecule has 1 unspecified atom stereocenters. The Morgan fingerprint density at radius 1 is 1.18 bits per heavy atom. The highest BCUT2D eigenvalue weighted by atomic mass is 16.3. The maximum atomic E-state index is 11.4. The Morgan fingerprint density at radius 2 is 1.76 bits per heavy atom. The predicted octanol–water partition coefficient (Wildman–Crippen LogP) is 1.15. The largest absolute Gasteiger partial charge is 0.392 e. The van der Waals surface area contributed by atoms with E-state index in [4.69, 9.17) is 0 Å². The summed E-state index contributed by atoms with van der Waals surface area (Å²) in [6, 6.07) is 0. The van der Waals surface area contributed by atoms with Gasteiger partial charge in [0, 0.05) is 13.1 Å². The molecule has 0 rings (SSSR count). The van der Waals surface area contributed by atoms with Gasteiger partial charge in [0.2, 0.25) is 5.91 Å². The van der Waals surface area contributed by atoms with E-state index in [1.54, 1.807) is 0 Å². The van der Waals surface area contributed by atoms with Crippen molar-refractivity contribution in [2.45, 2.75) is 46.6 Å². The van der Waals surface area contributed by atoms with Crippen LogP contribution in [0.1, 0.15) is 40.5 Å².